The van der Waals surface area contributed by atoms with E-state index in [4.69, 9.17) is 5.73 Å². The van der Waals surface area contributed by atoms with Crippen LogP contribution in [-0.2, 0) is 0 Å². The first-order chi connectivity index (χ1) is 12.1. The summed E-state index contributed by atoms with van der Waals surface area (Å²) in [6.45, 7) is 2.06. The van der Waals surface area contributed by atoms with E-state index in [9.17, 15) is 4.79 Å². The number of nitrogens with two attached hydrogens (primary N) is 1. The second kappa shape index (κ2) is 6.20. The average Bonchev–Trinajstić information content (AvgIpc) is 2.58. The normalized spacial score (nSPS) is 14.3. The van der Waals surface area contributed by atoms with E-state index in [0.29, 0.717) is 17.4 Å². The van der Waals surface area contributed by atoms with Crippen LogP contribution in [0.5, 0.6) is 0 Å². The monoisotopic (exact) mass is 331 g/mol. The Balaban J connectivity index is 1.70. The van der Waals surface area contributed by atoms with Gasteiger partial charge in [0.1, 0.15) is 5.82 Å². The molecule has 1 aliphatic rings. The molecule has 3 N–H and O–H groups in total. The molecule has 0 atom stereocenters. The number of aryl methyl sites for hydroxylation is 1. The summed E-state index contributed by atoms with van der Waals surface area (Å²) >= 11 is 0. The number of anilines is 1. The molecule has 2 aromatic carbocycles. The fraction of sp³-hybridized carbons (Fsp3) is 0.238. The highest BCUT2D eigenvalue weighted by molar-refractivity contribution is 5.96. The summed E-state index contributed by atoms with van der Waals surface area (Å²) in [4.78, 5) is 16.6. The van der Waals surface area contributed by atoms with Crippen molar-refractivity contribution in [1.82, 2.24) is 10.3 Å². The van der Waals surface area contributed by atoms with Crippen LogP contribution in [0.4, 0.5) is 5.82 Å². The van der Waals surface area contributed by atoms with Crippen LogP contribution in [0.3, 0.4) is 0 Å². The number of carbonyl (C=O) groups excluding carboxylic acids is 1. The second-order valence-corrected chi connectivity index (χ2v) is 6.80. The van der Waals surface area contributed by atoms with Crippen LogP contribution in [0, 0.1) is 6.92 Å². The van der Waals surface area contributed by atoms with E-state index in [0.717, 1.165) is 40.3 Å². The van der Waals surface area contributed by atoms with Crippen molar-refractivity contribution in [2.24, 2.45) is 0 Å². The number of hydrogen-bond donors (Lipinski definition) is 2. The summed E-state index contributed by atoms with van der Waals surface area (Å²) < 4.78 is 0. The first-order valence-electron chi connectivity index (χ1n) is 8.67. The zero-order chi connectivity index (χ0) is 17.4. The van der Waals surface area contributed by atoms with E-state index in [1.165, 1.54) is 6.42 Å². The minimum atomic E-state index is 0.0150. The molecule has 4 nitrogen and oxygen atoms in total. The quantitative estimate of drug-likeness (QED) is 0.760. The fourth-order valence-corrected chi connectivity index (χ4v) is 3.22. The fourth-order valence-electron chi connectivity index (χ4n) is 3.22. The molecule has 0 unspecified atom stereocenters. The number of nitrogens with zero attached hydrogens (tertiary/aromatic N) is 1. The third-order valence-corrected chi connectivity index (χ3v) is 4.99. The van der Waals surface area contributed by atoms with E-state index in [1.54, 1.807) is 6.20 Å². The van der Waals surface area contributed by atoms with Gasteiger partial charge in [-0.25, -0.2) is 4.98 Å². The lowest BCUT2D eigenvalue weighted by atomic mass is 9.92. The number of benzene rings is 2. The number of hydrogen-bond acceptors (Lipinski definition) is 3. The van der Waals surface area contributed by atoms with Crippen molar-refractivity contribution in [2.45, 2.75) is 32.2 Å². The highest BCUT2D eigenvalue weighted by Gasteiger charge is 2.20. The van der Waals surface area contributed by atoms with Crippen LogP contribution in [0.1, 0.15) is 35.2 Å². The number of fused-ring (bicyclic) bond motifs is 1. The highest BCUT2D eigenvalue weighted by Crippen LogP contribution is 2.28. The molecule has 126 valence electrons. The van der Waals surface area contributed by atoms with Gasteiger partial charge in [-0.15, -0.1) is 0 Å². The van der Waals surface area contributed by atoms with Gasteiger partial charge in [0.2, 0.25) is 0 Å². The SMILES string of the molecule is Cc1ccc(C(=O)NC2CCC2)cc1-c1ccc2cc(N)ncc2c1. The number of carbonyl (C=O) groups is 1. The van der Waals surface area contributed by atoms with Gasteiger partial charge >= 0.3 is 0 Å². The van der Waals surface area contributed by atoms with Gasteiger partial charge in [-0.3, -0.25) is 4.79 Å². The minimum absolute atomic E-state index is 0.0150. The molecule has 25 heavy (non-hydrogen) atoms. The van der Waals surface area contributed by atoms with Crippen molar-refractivity contribution < 1.29 is 4.79 Å². The topological polar surface area (TPSA) is 68.0 Å². The van der Waals surface area contributed by atoms with E-state index >= 15 is 0 Å². The van der Waals surface area contributed by atoms with Crippen molar-refractivity contribution in [3.05, 3.63) is 59.8 Å². The van der Waals surface area contributed by atoms with Crippen molar-refractivity contribution in [3.8, 4) is 11.1 Å². The van der Waals surface area contributed by atoms with E-state index in [2.05, 4.69) is 29.4 Å². The first kappa shape index (κ1) is 15.6. The average molecular weight is 331 g/mol. The molecule has 1 heterocycles. The van der Waals surface area contributed by atoms with E-state index in [1.807, 2.05) is 30.3 Å². The number of aromatic nitrogens is 1. The Bertz CT molecular complexity index is 961. The predicted molar refractivity (Wildman–Crippen MR) is 101 cm³/mol. The molecule has 1 aromatic heterocycles. The molecule has 1 aliphatic carbocycles. The van der Waals surface area contributed by atoms with Crippen LogP contribution in [0.2, 0.25) is 0 Å². The molecule has 4 heteroatoms. The molecule has 3 aromatic rings. The molecule has 1 fully saturated rings. The molecule has 1 saturated carbocycles. The first-order valence-corrected chi connectivity index (χ1v) is 8.67. The number of nitrogen functional groups attached to an aromatic ring is 1. The third-order valence-electron chi connectivity index (χ3n) is 4.99. The molecular weight excluding hydrogens is 310 g/mol. The maximum atomic E-state index is 12.5. The third kappa shape index (κ3) is 3.07. The molecule has 0 saturated heterocycles. The Morgan fingerprint density at radius 3 is 2.72 bits per heavy atom. The number of pyridine rings is 1. The smallest absolute Gasteiger partial charge is 0.251 e. The van der Waals surface area contributed by atoms with Crippen molar-refractivity contribution in [2.75, 3.05) is 5.73 Å². The maximum absolute atomic E-state index is 12.5. The maximum Gasteiger partial charge on any atom is 0.251 e. The van der Waals surface area contributed by atoms with Crippen molar-refractivity contribution in [3.63, 3.8) is 0 Å². The van der Waals surface area contributed by atoms with Gasteiger partial charge in [0, 0.05) is 23.2 Å². The summed E-state index contributed by atoms with van der Waals surface area (Å²) in [6, 6.07) is 14.3. The number of amides is 1. The van der Waals surface area contributed by atoms with Gasteiger partial charge in [-0.1, -0.05) is 18.2 Å². The van der Waals surface area contributed by atoms with Gasteiger partial charge in [-0.2, -0.15) is 0 Å². The van der Waals surface area contributed by atoms with Gasteiger partial charge in [0.15, 0.2) is 0 Å². The predicted octanol–water partition coefficient (Wildman–Crippen LogP) is 4.07. The Kier molecular flexibility index (Phi) is 3.88. The summed E-state index contributed by atoms with van der Waals surface area (Å²) in [5.41, 5.74) is 9.75. The van der Waals surface area contributed by atoms with Gasteiger partial charge < -0.3 is 11.1 Å². The number of rotatable bonds is 3. The summed E-state index contributed by atoms with van der Waals surface area (Å²) in [7, 11) is 0. The molecule has 0 aliphatic heterocycles. The lowest BCUT2D eigenvalue weighted by molar-refractivity contribution is 0.0917. The van der Waals surface area contributed by atoms with Crippen LogP contribution < -0.4 is 11.1 Å². The molecule has 0 radical (unpaired) electrons. The van der Waals surface area contributed by atoms with Gasteiger partial charge in [-0.05, 0) is 72.5 Å². The Hall–Kier alpha value is -2.88. The Morgan fingerprint density at radius 1 is 1.12 bits per heavy atom. The summed E-state index contributed by atoms with van der Waals surface area (Å²) in [5, 5.41) is 5.20. The van der Waals surface area contributed by atoms with Gasteiger partial charge in [0.05, 0.1) is 0 Å². The van der Waals surface area contributed by atoms with Crippen molar-refractivity contribution >= 4 is 22.5 Å². The largest absolute Gasteiger partial charge is 0.384 e. The molecule has 1 amide bonds. The van der Waals surface area contributed by atoms with E-state index in [-0.39, 0.29) is 5.91 Å². The van der Waals surface area contributed by atoms with Gasteiger partial charge in [0.25, 0.3) is 5.91 Å². The van der Waals surface area contributed by atoms with E-state index < -0.39 is 0 Å². The van der Waals surface area contributed by atoms with Crippen LogP contribution >= 0.6 is 0 Å². The lowest BCUT2D eigenvalue weighted by Crippen LogP contribution is -2.39. The Morgan fingerprint density at radius 2 is 1.96 bits per heavy atom. The summed E-state index contributed by atoms with van der Waals surface area (Å²) in [6.07, 6.45) is 5.17. The highest BCUT2D eigenvalue weighted by atomic mass is 16.1. The van der Waals surface area contributed by atoms with Crippen LogP contribution in [-0.4, -0.2) is 16.9 Å². The lowest BCUT2D eigenvalue weighted by Gasteiger charge is -2.26. The number of nitrogens with one attached hydrogen (secondary N) is 1. The minimum Gasteiger partial charge on any atom is -0.384 e. The molecule has 0 spiro atoms. The summed E-state index contributed by atoms with van der Waals surface area (Å²) in [5.74, 6) is 0.535. The van der Waals surface area contributed by atoms with Crippen LogP contribution in [0.15, 0.2) is 48.7 Å². The van der Waals surface area contributed by atoms with Crippen LogP contribution in [0.25, 0.3) is 21.9 Å². The molecule has 4 rings (SSSR count). The zero-order valence-corrected chi connectivity index (χ0v) is 14.3. The molecule has 0 bridgehead atoms. The second-order valence-electron chi connectivity index (χ2n) is 6.80. The Labute approximate surface area is 147 Å². The zero-order valence-electron chi connectivity index (χ0n) is 14.3. The van der Waals surface area contributed by atoms with Crippen molar-refractivity contribution in [1.29, 1.82) is 0 Å². The molecular formula is C21H21N3O. The standard InChI is InChI=1S/C21H21N3O/c1-13-5-6-16(21(25)24-18-3-2-4-18)10-19(13)15-8-7-14-11-20(22)23-12-17(14)9-15/h5-12,18H,2-4H2,1H3,(H2,22,23)(H,24,25).